The summed E-state index contributed by atoms with van der Waals surface area (Å²) in [6.45, 7) is 0.859. The molecular weight excluding hydrogens is 287 g/mol. The van der Waals surface area contributed by atoms with Crippen LogP contribution in [0.25, 0.3) is 0 Å². The lowest BCUT2D eigenvalue weighted by molar-refractivity contribution is -0.137. The number of hydrogen-bond donors (Lipinski definition) is 1. The minimum absolute atomic E-state index is 0.124. The molecule has 0 spiro atoms. The van der Waals surface area contributed by atoms with E-state index in [9.17, 15) is 13.2 Å². The van der Waals surface area contributed by atoms with Crippen molar-refractivity contribution in [3.8, 4) is 5.75 Å². The Bertz CT molecular complexity index is 450. The second kappa shape index (κ2) is 6.64. The summed E-state index contributed by atoms with van der Waals surface area (Å²) in [5.41, 5.74) is 5.13. The van der Waals surface area contributed by atoms with Crippen molar-refractivity contribution in [3.63, 3.8) is 0 Å². The molecule has 2 rings (SSSR count). The summed E-state index contributed by atoms with van der Waals surface area (Å²) in [7, 11) is 1.57. The fourth-order valence-electron chi connectivity index (χ4n) is 2.13. The van der Waals surface area contributed by atoms with Gasteiger partial charge in [0.2, 0.25) is 0 Å². The van der Waals surface area contributed by atoms with Gasteiger partial charge in [-0.05, 0) is 24.3 Å². The summed E-state index contributed by atoms with van der Waals surface area (Å²) in [5.74, 6) is 0.375. The lowest BCUT2D eigenvalue weighted by Gasteiger charge is -2.41. The summed E-state index contributed by atoms with van der Waals surface area (Å²) >= 11 is 0. The molecule has 21 heavy (non-hydrogen) atoms. The highest BCUT2D eigenvalue weighted by Crippen LogP contribution is 2.32. The standard InChI is InChI=1S/C14H18F3NO3/c1-19-6-7-20-13-11(18)8-12(13)21-10-4-2-9(3-5-10)14(15,16)17/h2-5,11-13H,6-8,18H2,1H3. The number of alkyl halides is 3. The normalized spacial score (nSPS) is 25.5. The second-order valence-corrected chi connectivity index (χ2v) is 4.91. The molecule has 0 bridgehead atoms. The van der Waals surface area contributed by atoms with Crippen molar-refractivity contribution in [1.29, 1.82) is 0 Å². The van der Waals surface area contributed by atoms with Gasteiger partial charge in [0.15, 0.2) is 0 Å². The molecule has 3 unspecified atom stereocenters. The molecule has 2 N–H and O–H groups in total. The van der Waals surface area contributed by atoms with E-state index in [0.717, 1.165) is 12.1 Å². The maximum atomic E-state index is 12.5. The molecule has 7 heteroatoms. The maximum absolute atomic E-state index is 12.5. The van der Waals surface area contributed by atoms with Gasteiger partial charge in [0.25, 0.3) is 0 Å². The Kier molecular flexibility index (Phi) is 5.08. The molecule has 4 nitrogen and oxygen atoms in total. The molecule has 0 saturated heterocycles. The first-order chi connectivity index (χ1) is 9.91. The van der Waals surface area contributed by atoms with E-state index in [1.165, 1.54) is 12.1 Å². The number of halogens is 3. The zero-order chi connectivity index (χ0) is 15.5. The van der Waals surface area contributed by atoms with Crippen molar-refractivity contribution < 1.29 is 27.4 Å². The van der Waals surface area contributed by atoms with Crippen LogP contribution in [0.5, 0.6) is 5.75 Å². The minimum Gasteiger partial charge on any atom is -0.488 e. The molecule has 0 aliphatic heterocycles. The molecule has 0 heterocycles. The molecule has 1 saturated carbocycles. The van der Waals surface area contributed by atoms with E-state index >= 15 is 0 Å². The van der Waals surface area contributed by atoms with E-state index in [1.54, 1.807) is 7.11 Å². The van der Waals surface area contributed by atoms with E-state index < -0.39 is 11.7 Å². The lowest BCUT2D eigenvalue weighted by Crippen LogP contribution is -2.59. The van der Waals surface area contributed by atoms with Crippen molar-refractivity contribution in [2.45, 2.75) is 30.8 Å². The fraction of sp³-hybridized carbons (Fsp3) is 0.571. The zero-order valence-electron chi connectivity index (χ0n) is 11.6. The third kappa shape index (κ3) is 4.09. The van der Waals surface area contributed by atoms with Crippen LogP contribution in [0.15, 0.2) is 24.3 Å². The Morgan fingerprint density at radius 3 is 2.38 bits per heavy atom. The largest absolute Gasteiger partial charge is 0.488 e. The van der Waals surface area contributed by atoms with Gasteiger partial charge in [0.1, 0.15) is 18.0 Å². The van der Waals surface area contributed by atoms with Crippen LogP contribution in [-0.4, -0.2) is 38.6 Å². The van der Waals surface area contributed by atoms with Crippen LogP contribution in [0.1, 0.15) is 12.0 Å². The number of nitrogens with two attached hydrogens (primary N) is 1. The van der Waals surface area contributed by atoms with Crippen LogP contribution >= 0.6 is 0 Å². The van der Waals surface area contributed by atoms with Crippen LogP contribution in [0.3, 0.4) is 0 Å². The minimum atomic E-state index is -4.34. The van der Waals surface area contributed by atoms with Gasteiger partial charge >= 0.3 is 6.18 Å². The van der Waals surface area contributed by atoms with Gasteiger partial charge in [-0.3, -0.25) is 0 Å². The topological polar surface area (TPSA) is 53.7 Å². The van der Waals surface area contributed by atoms with Gasteiger partial charge in [-0.1, -0.05) is 0 Å². The molecule has 0 aromatic heterocycles. The number of hydrogen-bond acceptors (Lipinski definition) is 4. The quantitative estimate of drug-likeness (QED) is 0.819. The highest BCUT2D eigenvalue weighted by molar-refractivity contribution is 5.29. The van der Waals surface area contributed by atoms with Gasteiger partial charge < -0.3 is 19.9 Å². The highest BCUT2D eigenvalue weighted by atomic mass is 19.4. The molecule has 0 amide bonds. The van der Waals surface area contributed by atoms with Crippen LogP contribution < -0.4 is 10.5 Å². The molecule has 0 radical (unpaired) electrons. The average Bonchev–Trinajstić information content (AvgIpc) is 2.42. The van der Waals surface area contributed by atoms with Crippen molar-refractivity contribution in [3.05, 3.63) is 29.8 Å². The van der Waals surface area contributed by atoms with E-state index in [1.807, 2.05) is 0 Å². The van der Waals surface area contributed by atoms with Crippen molar-refractivity contribution in [2.75, 3.05) is 20.3 Å². The zero-order valence-corrected chi connectivity index (χ0v) is 11.6. The van der Waals surface area contributed by atoms with Gasteiger partial charge in [0, 0.05) is 19.6 Å². The first-order valence-corrected chi connectivity index (χ1v) is 6.62. The Labute approximate surface area is 121 Å². The first-order valence-electron chi connectivity index (χ1n) is 6.62. The van der Waals surface area contributed by atoms with E-state index in [0.29, 0.717) is 25.4 Å². The Morgan fingerprint density at radius 2 is 1.86 bits per heavy atom. The molecular formula is C14H18F3NO3. The number of rotatable bonds is 6. The van der Waals surface area contributed by atoms with E-state index in [2.05, 4.69) is 0 Å². The van der Waals surface area contributed by atoms with Crippen LogP contribution in [0, 0.1) is 0 Å². The molecule has 1 aliphatic rings. The smallest absolute Gasteiger partial charge is 0.416 e. The summed E-state index contributed by atoms with van der Waals surface area (Å²) in [5, 5.41) is 0. The van der Waals surface area contributed by atoms with Crippen LogP contribution in [0.2, 0.25) is 0 Å². The number of ether oxygens (including phenoxy) is 3. The molecule has 1 aliphatic carbocycles. The van der Waals surface area contributed by atoms with Gasteiger partial charge in [-0.2, -0.15) is 13.2 Å². The molecule has 118 valence electrons. The lowest BCUT2D eigenvalue weighted by atomic mass is 9.86. The Morgan fingerprint density at radius 1 is 1.19 bits per heavy atom. The van der Waals surface area contributed by atoms with Gasteiger partial charge in [-0.25, -0.2) is 0 Å². The Hall–Kier alpha value is -1.31. The summed E-state index contributed by atoms with van der Waals surface area (Å²) in [6.07, 6.45) is -4.24. The van der Waals surface area contributed by atoms with Crippen molar-refractivity contribution >= 4 is 0 Å². The third-order valence-corrected chi connectivity index (χ3v) is 3.36. The van der Waals surface area contributed by atoms with E-state index in [4.69, 9.17) is 19.9 Å². The molecule has 1 fully saturated rings. The molecule has 3 atom stereocenters. The third-order valence-electron chi connectivity index (χ3n) is 3.36. The second-order valence-electron chi connectivity index (χ2n) is 4.91. The summed E-state index contributed by atoms with van der Waals surface area (Å²) in [6, 6.07) is 4.47. The summed E-state index contributed by atoms with van der Waals surface area (Å²) < 4.78 is 53.4. The monoisotopic (exact) mass is 305 g/mol. The SMILES string of the molecule is COCCOC1C(N)CC1Oc1ccc(C(F)(F)F)cc1. The van der Waals surface area contributed by atoms with Crippen LogP contribution in [0.4, 0.5) is 13.2 Å². The number of benzene rings is 1. The Balaban J connectivity index is 1.89. The molecule has 1 aromatic rings. The van der Waals surface area contributed by atoms with E-state index in [-0.39, 0.29) is 18.2 Å². The highest BCUT2D eigenvalue weighted by Gasteiger charge is 2.41. The van der Waals surface area contributed by atoms with Gasteiger partial charge in [-0.15, -0.1) is 0 Å². The summed E-state index contributed by atoms with van der Waals surface area (Å²) in [4.78, 5) is 0. The predicted molar refractivity (Wildman–Crippen MR) is 70.1 cm³/mol. The van der Waals surface area contributed by atoms with Crippen molar-refractivity contribution in [1.82, 2.24) is 0 Å². The predicted octanol–water partition coefficient (Wildman–Crippen LogP) is 2.22. The maximum Gasteiger partial charge on any atom is 0.416 e. The number of methoxy groups -OCH3 is 1. The van der Waals surface area contributed by atoms with Crippen LogP contribution in [-0.2, 0) is 15.7 Å². The fourth-order valence-corrected chi connectivity index (χ4v) is 2.13. The average molecular weight is 305 g/mol. The first kappa shape index (κ1) is 16.1. The van der Waals surface area contributed by atoms with Crippen molar-refractivity contribution in [2.24, 2.45) is 5.73 Å². The molecule has 1 aromatic carbocycles. The van der Waals surface area contributed by atoms with Gasteiger partial charge in [0.05, 0.1) is 18.8 Å².